The molecule has 0 spiro atoms. The summed E-state index contributed by atoms with van der Waals surface area (Å²) in [7, 11) is 0. The average molecular weight is 340 g/mol. The first-order chi connectivity index (χ1) is 10.9. The Kier molecular flexibility index (Phi) is 8.06. The molecule has 0 aliphatic carbocycles. The minimum absolute atomic E-state index is 0.00724. The third kappa shape index (κ3) is 5.84. The first-order valence-electron chi connectivity index (χ1n) is 7.93. The Morgan fingerprint density at radius 1 is 1.22 bits per heavy atom. The van der Waals surface area contributed by atoms with Crippen LogP contribution < -0.4 is 10.6 Å². The molecule has 2 N–H and O–H groups in total. The number of likely N-dealkylation sites (N-methyl/N-ethyl adjacent to an activating group) is 1. The largest absolute Gasteiger partial charge is 0.352 e. The van der Waals surface area contributed by atoms with Gasteiger partial charge in [-0.15, -0.1) is 0 Å². The molecule has 1 aromatic rings. The lowest BCUT2D eigenvalue weighted by Gasteiger charge is -2.31. The van der Waals surface area contributed by atoms with E-state index in [-0.39, 0.29) is 17.9 Å². The third-order valence-electron chi connectivity index (χ3n) is 3.80. The van der Waals surface area contributed by atoms with Crippen LogP contribution in [0.1, 0.15) is 39.3 Å². The smallest absolute Gasteiger partial charge is 0.242 e. The van der Waals surface area contributed by atoms with E-state index in [4.69, 9.17) is 11.6 Å². The van der Waals surface area contributed by atoms with Crippen molar-refractivity contribution in [1.29, 1.82) is 0 Å². The van der Waals surface area contributed by atoms with Crippen LogP contribution in [0.5, 0.6) is 0 Å². The summed E-state index contributed by atoms with van der Waals surface area (Å²) in [6.07, 6.45) is 0. The van der Waals surface area contributed by atoms with E-state index in [1.165, 1.54) is 6.92 Å². The summed E-state index contributed by atoms with van der Waals surface area (Å²) >= 11 is 6.33. The van der Waals surface area contributed by atoms with Crippen LogP contribution in [0, 0.1) is 0 Å². The van der Waals surface area contributed by atoms with Crippen molar-refractivity contribution in [2.24, 2.45) is 0 Å². The fourth-order valence-corrected chi connectivity index (χ4v) is 2.83. The van der Waals surface area contributed by atoms with Gasteiger partial charge in [0.05, 0.1) is 6.04 Å². The quantitative estimate of drug-likeness (QED) is 0.764. The summed E-state index contributed by atoms with van der Waals surface area (Å²) < 4.78 is 0. The Morgan fingerprint density at radius 2 is 1.83 bits per heavy atom. The predicted octanol–water partition coefficient (Wildman–Crippen LogP) is 2.36. The van der Waals surface area contributed by atoms with Crippen LogP contribution in [-0.4, -0.2) is 42.4 Å². The zero-order valence-corrected chi connectivity index (χ0v) is 15.0. The molecular formula is C17H26ClN3O2. The monoisotopic (exact) mass is 339 g/mol. The first-order valence-corrected chi connectivity index (χ1v) is 8.31. The number of hydrogen-bond acceptors (Lipinski definition) is 3. The summed E-state index contributed by atoms with van der Waals surface area (Å²) in [4.78, 5) is 25.4. The summed E-state index contributed by atoms with van der Waals surface area (Å²) in [5.41, 5.74) is 0.991. The van der Waals surface area contributed by atoms with E-state index in [0.717, 1.165) is 18.7 Å². The molecule has 0 saturated heterocycles. The maximum absolute atomic E-state index is 12.1. The highest BCUT2D eigenvalue weighted by Gasteiger charge is 2.22. The molecule has 1 rings (SSSR count). The predicted molar refractivity (Wildman–Crippen MR) is 93.4 cm³/mol. The maximum Gasteiger partial charge on any atom is 0.242 e. The standard InChI is InChI=1S/C17H26ClN3O2/c1-5-21(6-2)16(14-9-7-8-10-15(14)18)11-19-17(23)12(3)20-13(4)22/h7-10,12,16H,5-6,11H2,1-4H3,(H,19,23)(H,20,22). The lowest BCUT2D eigenvalue weighted by molar-refractivity contribution is -0.127. The Labute approximate surface area is 143 Å². The van der Waals surface area contributed by atoms with Gasteiger partial charge >= 0.3 is 0 Å². The molecule has 0 aliphatic heterocycles. The molecule has 2 amide bonds. The zero-order chi connectivity index (χ0) is 17.4. The second-order valence-corrected chi connectivity index (χ2v) is 5.83. The van der Waals surface area contributed by atoms with Crippen molar-refractivity contribution >= 4 is 23.4 Å². The van der Waals surface area contributed by atoms with Gasteiger partial charge in [-0.3, -0.25) is 14.5 Å². The van der Waals surface area contributed by atoms with Crippen molar-refractivity contribution in [2.75, 3.05) is 19.6 Å². The topological polar surface area (TPSA) is 61.4 Å². The van der Waals surface area contributed by atoms with E-state index in [2.05, 4.69) is 29.4 Å². The summed E-state index contributed by atoms with van der Waals surface area (Å²) in [5.74, 6) is -0.427. The number of hydrogen-bond donors (Lipinski definition) is 2. The van der Waals surface area contributed by atoms with Gasteiger partial charge in [0.2, 0.25) is 11.8 Å². The van der Waals surface area contributed by atoms with Crippen molar-refractivity contribution in [3.8, 4) is 0 Å². The molecule has 2 atom stereocenters. The third-order valence-corrected chi connectivity index (χ3v) is 4.14. The molecule has 6 heteroatoms. The minimum Gasteiger partial charge on any atom is -0.352 e. The van der Waals surface area contributed by atoms with Crippen molar-refractivity contribution in [2.45, 2.75) is 39.8 Å². The Hall–Kier alpha value is -1.59. The highest BCUT2D eigenvalue weighted by molar-refractivity contribution is 6.31. The Morgan fingerprint density at radius 3 is 2.35 bits per heavy atom. The van der Waals surface area contributed by atoms with Gasteiger partial charge in [-0.05, 0) is 31.6 Å². The number of halogens is 1. The normalized spacial score (nSPS) is 13.5. The van der Waals surface area contributed by atoms with E-state index in [1.807, 2.05) is 24.3 Å². The van der Waals surface area contributed by atoms with E-state index < -0.39 is 6.04 Å². The van der Waals surface area contributed by atoms with Crippen LogP contribution in [0.4, 0.5) is 0 Å². The molecule has 1 aromatic carbocycles. The number of nitrogens with one attached hydrogen (secondary N) is 2. The van der Waals surface area contributed by atoms with Crippen LogP contribution in [0.15, 0.2) is 24.3 Å². The van der Waals surface area contributed by atoms with Gasteiger partial charge < -0.3 is 10.6 Å². The SMILES string of the molecule is CCN(CC)C(CNC(=O)C(C)NC(C)=O)c1ccccc1Cl. The molecule has 5 nitrogen and oxygen atoms in total. The van der Waals surface area contributed by atoms with Crippen molar-refractivity contribution in [3.63, 3.8) is 0 Å². The average Bonchev–Trinajstić information content (AvgIpc) is 2.51. The van der Waals surface area contributed by atoms with E-state index in [1.54, 1.807) is 6.92 Å². The van der Waals surface area contributed by atoms with Crippen molar-refractivity contribution in [3.05, 3.63) is 34.9 Å². The fraction of sp³-hybridized carbons (Fsp3) is 0.529. The molecule has 0 heterocycles. The van der Waals surface area contributed by atoms with Crippen LogP contribution in [-0.2, 0) is 9.59 Å². The van der Waals surface area contributed by atoms with Gasteiger partial charge in [0.15, 0.2) is 0 Å². The van der Waals surface area contributed by atoms with Gasteiger partial charge in [0.1, 0.15) is 6.04 Å². The highest BCUT2D eigenvalue weighted by Crippen LogP contribution is 2.26. The van der Waals surface area contributed by atoms with Gasteiger partial charge in [-0.1, -0.05) is 43.6 Å². The van der Waals surface area contributed by atoms with Crippen molar-refractivity contribution in [1.82, 2.24) is 15.5 Å². The highest BCUT2D eigenvalue weighted by atomic mass is 35.5. The molecule has 128 valence electrons. The first kappa shape index (κ1) is 19.5. The molecule has 0 aromatic heterocycles. The Bertz CT molecular complexity index is 532. The van der Waals surface area contributed by atoms with Crippen LogP contribution in [0.2, 0.25) is 5.02 Å². The van der Waals surface area contributed by atoms with E-state index >= 15 is 0 Å². The lowest BCUT2D eigenvalue weighted by atomic mass is 10.0. The number of carbonyl (C=O) groups is 2. The lowest BCUT2D eigenvalue weighted by Crippen LogP contribution is -2.46. The number of amides is 2. The van der Waals surface area contributed by atoms with Crippen LogP contribution in [0.25, 0.3) is 0 Å². The zero-order valence-electron chi connectivity index (χ0n) is 14.2. The minimum atomic E-state index is -0.559. The number of nitrogens with zero attached hydrogens (tertiary/aromatic N) is 1. The molecule has 2 unspecified atom stereocenters. The summed E-state index contributed by atoms with van der Waals surface area (Å²) in [6.45, 7) is 9.36. The van der Waals surface area contributed by atoms with Gasteiger partial charge in [0, 0.05) is 18.5 Å². The van der Waals surface area contributed by atoms with Crippen LogP contribution in [0.3, 0.4) is 0 Å². The van der Waals surface area contributed by atoms with Gasteiger partial charge in [0.25, 0.3) is 0 Å². The molecule has 23 heavy (non-hydrogen) atoms. The number of carbonyl (C=O) groups excluding carboxylic acids is 2. The van der Waals surface area contributed by atoms with Crippen molar-refractivity contribution < 1.29 is 9.59 Å². The summed E-state index contributed by atoms with van der Waals surface area (Å²) in [6, 6.07) is 7.11. The van der Waals surface area contributed by atoms with E-state index in [0.29, 0.717) is 11.6 Å². The fourth-order valence-electron chi connectivity index (χ4n) is 2.57. The maximum atomic E-state index is 12.1. The molecule has 0 fully saturated rings. The molecule has 0 radical (unpaired) electrons. The molecule has 0 bridgehead atoms. The summed E-state index contributed by atoms with van der Waals surface area (Å²) in [5, 5.41) is 6.18. The molecule has 0 saturated carbocycles. The van der Waals surface area contributed by atoms with Crippen LogP contribution >= 0.6 is 11.6 Å². The second-order valence-electron chi connectivity index (χ2n) is 5.43. The second kappa shape index (κ2) is 9.53. The van der Waals surface area contributed by atoms with Gasteiger partial charge in [-0.25, -0.2) is 0 Å². The number of benzene rings is 1. The Balaban J connectivity index is 2.85. The molecular weight excluding hydrogens is 314 g/mol. The van der Waals surface area contributed by atoms with Gasteiger partial charge in [-0.2, -0.15) is 0 Å². The van der Waals surface area contributed by atoms with E-state index in [9.17, 15) is 9.59 Å². The number of rotatable bonds is 8. The molecule has 0 aliphatic rings.